The van der Waals surface area contributed by atoms with Gasteiger partial charge in [0.2, 0.25) is 11.8 Å². The first kappa shape index (κ1) is 15.7. The van der Waals surface area contributed by atoms with Crippen LogP contribution >= 0.6 is 11.8 Å². The molecule has 2 amide bonds. The van der Waals surface area contributed by atoms with Gasteiger partial charge in [0.1, 0.15) is 17.5 Å². The lowest BCUT2D eigenvalue weighted by molar-refractivity contribution is -0.161. The Hall–Kier alpha value is -1.72. The fraction of sp³-hybridized carbons (Fsp3) is 0.615. The van der Waals surface area contributed by atoms with Gasteiger partial charge in [0.05, 0.1) is 6.04 Å². The van der Waals surface area contributed by atoms with Gasteiger partial charge in [-0.25, -0.2) is 4.79 Å². The van der Waals surface area contributed by atoms with Gasteiger partial charge in [0, 0.05) is 11.2 Å². The van der Waals surface area contributed by atoms with Crippen LogP contribution in [0.2, 0.25) is 0 Å². The Kier molecular flexibility index (Phi) is 3.91. The van der Waals surface area contributed by atoms with Crippen molar-refractivity contribution < 1.29 is 19.5 Å². The predicted molar refractivity (Wildman–Crippen MR) is 77.1 cm³/mol. The predicted octanol–water partition coefficient (Wildman–Crippen LogP) is -1.03. The van der Waals surface area contributed by atoms with Crippen LogP contribution in [0.4, 0.5) is 0 Å². The Morgan fingerprint density at radius 2 is 2.24 bits per heavy atom. The lowest BCUT2D eigenvalue weighted by atomic mass is 9.96. The van der Waals surface area contributed by atoms with Crippen molar-refractivity contribution in [3.8, 4) is 12.3 Å². The average Bonchev–Trinajstić information content (AvgIpc) is 2.64. The highest BCUT2D eigenvalue weighted by molar-refractivity contribution is 8.01. The molecule has 0 aromatic heterocycles. The van der Waals surface area contributed by atoms with E-state index in [0.29, 0.717) is 0 Å². The summed E-state index contributed by atoms with van der Waals surface area (Å²) in [5, 5.41) is 11.5. The van der Waals surface area contributed by atoms with Crippen molar-refractivity contribution in [1.29, 1.82) is 0 Å². The second-order valence-electron chi connectivity index (χ2n) is 5.60. The number of thioether (sulfide) groups is 1. The Balaban J connectivity index is 2.08. The Labute approximate surface area is 126 Å². The van der Waals surface area contributed by atoms with E-state index < -0.39 is 40.7 Å². The van der Waals surface area contributed by atoms with Gasteiger partial charge in [-0.05, 0) is 13.8 Å². The van der Waals surface area contributed by atoms with Gasteiger partial charge in [-0.15, -0.1) is 24.1 Å². The first-order chi connectivity index (χ1) is 9.70. The standard InChI is InChI=1S/C13H17N3O4S/c1-4-5-6(14)9(17)15-7-10(18)16-8(12(19)20)13(2,3)21-11(7)16/h1,6-8,11H,5,14H2,2-3H3,(H,15,17)(H,19,20)/t6?,7-,8+,11-/m1/s1. The number of hydrogen-bond donors (Lipinski definition) is 3. The SMILES string of the molecule is C#CCC(N)C(=O)N[C@@H]1C(=O)N2[C@@H]1SC(C)(C)[C@@H]2C(=O)O. The monoisotopic (exact) mass is 311 g/mol. The van der Waals surface area contributed by atoms with Crippen molar-refractivity contribution >= 4 is 29.5 Å². The number of carboxylic acid groups (broad SMARTS) is 1. The molecule has 114 valence electrons. The zero-order valence-corrected chi connectivity index (χ0v) is 12.5. The van der Waals surface area contributed by atoms with Crippen molar-refractivity contribution in [3.63, 3.8) is 0 Å². The zero-order valence-electron chi connectivity index (χ0n) is 11.7. The number of aliphatic carboxylic acids is 1. The minimum absolute atomic E-state index is 0.0809. The van der Waals surface area contributed by atoms with Crippen molar-refractivity contribution in [2.45, 2.75) is 48.5 Å². The molecule has 2 heterocycles. The van der Waals surface area contributed by atoms with Crippen LogP contribution in [0.1, 0.15) is 20.3 Å². The van der Waals surface area contributed by atoms with E-state index in [1.807, 2.05) is 0 Å². The number of nitrogens with one attached hydrogen (secondary N) is 1. The van der Waals surface area contributed by atoms with Gasteiger partial charge in [0.25, 0.3) is 0 Å². The second kappa shape index (κ2) is 5.24. The number of rotatable bonds is 4. The third kappa shape index (κ3) is 2.47. The maximum absolute atomic E-state index is 12.1. The molecule has 2 fully saturated rings. The molecule has 0 aliphatic carbocycles. The summed E-state index contributed by atoms with van der Waals surface area (Å²) in [6.45, 7) is 3.54. The highest BCUT2D eigenvalue weighted by atomic mass is 32.2. The molecule has 21 heavy (non-hydrogen) atoms. The van der Waals surface area contributed by atoms with Crippen LogP contribution in [0.5, 0.6) is 0 Å². The zero-order chi connectivity index (χ0) is 15.9. The van der Waals surface area contributed by atoms with Crippen LogP contribution in [0.25, 0.3) is 0 Å². The molecule has 0 radical (unpaired) electrons. The van der Waals surface area contributed by atoms with E-state index in [2.05, 4.69) is 11.2 Å². The molecule has 1 unspecified atom stereocenters. The van der Waals surface area contributed by atoms with Gasteiger partial charge in [-0.3, -0.25) is 9.59 Å². The van der Waals surface area contributed by atoms with Crippen LogP contribution in [-0.4, -0.2) is 56.0 Å². The molecule has 2 saturated heterocycles. The van der Waals surface area contributed by atoms with Crippen molar-refractivity contribution in [3.05, 3.63) is 0 Å². The Morgan fingerprint density at radius 1 is 1.62 bits per heavy atom. The third-order valence-corrected chi connectivity index (χ3v) is 5.22. The summed E-state index contributed by atoms with van der Waals surface area (Å²) >= 11 is 1.36. The largest absolute Gasteiger partial charge is 0.480 e. The van der Waals surface area contributed by atoms with Crippen molar-refractivity contribution in [1.82, 2.24) is 10.2 Å². The number of terminal acetylenes is 1. The number of carbonyl (C=O) groups excluding carboxylic acids is 2. The van der Waals surface area contributed by atoms with Crippen molar-refractivity contribution in [2.24, 2.45) is 5.73 Å². The van der Waals surface area contributed by atoms with E-state index in [9.17, 15) is 19.5 Å². The van der Waals surface area contributed by atoms with E-state index in [1.165, 1.54) is 16.7 Å². The number of carboxylic acids is 1. The van der Waals surface area contributed by atoms with Gasteiger partial charge in [-0.1, -0.05) is 0 Å². The van der Waals surface area contributed by atoms with Gasteiger partial charge < -0.3 is 21.1 Å². The quantitative estimate of drug-likeness (QED) is 0.452. The fourth-order valence-corrected chi connectivity index (χ4v) is 4.25. The molecule has 0 saturated carbocycles. The van der Waals surface area contributed by atoms with E-state index in [-0.39, 0.29) is 11.8 Å². The van der Waals surface area contributed by atoms with E-state index in [0.717, 1.165) is 0 Å². The third-order valence-electron chi connectivity index (χ3n) is 3.65. The molecular weight excluding hydrogens is 294 g/mol. The molecule has 0 aromatic rings. The summed E-state index contributed by atoms with van der Waals surface area (Å²) in [7, 11) is 0. The second-order valence-corrected chi connectivity index (χ2v) is 7.37. The number of amides is 2. The van der Waals surface area contributed by atoms with Crippen LogP contribution in [0.3, 0.4) is 0 Å². The molecule has 0 aromatic carbocycles. The first-order valence-corrected chi connectivity index (χ1v) is 7.31. The van der Waals surface area contributed by atoms with Gasteiger partial charge in [0.15, 0.2) is 0 Å². The minimum atomic E-state index is -1.04. The van der Waals surface area contributed by atoms with Crippen LogP contribution < -0.4 is 11.1 Å². The maximum atomic E-state index is 12.1. The van der Waals surface area contributed by atoms with Crippen LogP contribution in [-0.2, 0) is 14.4 Å². The molecule has 4 N–H and O–H groups in total. The molecule has 2 rings (SSSR count). The molecule has 4 atom stereocenters. The van der Waals surface area contributed by atoms with E-state index in [1.54, 1.807) is 13.8 Å². The summed E-state index contributed by atoms with van der Waals surface area (Å²) in [5.74, 6) is 0.348. The number of nitrogens with two attached hydrogens (primary N) is 1. The van der Waals surface area contributed by atoms with Crippen LogP contribution in [0.15, 0.2) is 0 Å². The topological polar surface area (TPSA) is 113 Å². The Bertz CT molecular complexity index is 542. The maximum Gasteiger partial charge on any atom is 0.327 e. The lowest BCUT2D eigenvalue weighted by Crippen LogP contribution is -2.71. The molecule has 2 aliphatic rings. The highest BCUT2D eigenvalue weighted by Crippen LogP contribution is 2.50. The van der Waals surface area contributed by atoms with E-state index >= 15 is 0 Å². The molecular formula is C13H17N3O4S. The normalized spacial score (nSPS) is 30.9. The van der Waals surface area contributed by atoms with E-state index in [4.69, 9.17) is 12.2 Å². The smallest absolute Gasteiger partial charge is 0.327 e. The van der Waals surface area contributed by atoms with Crippen molar-refractivity contribution in [2.75, 3.05) is 0 Å². The summed E-state index contributed by atoms with van der Waals surface area (Å²) < 4.78 is -0.618. The van der Waals surface area contributed by atoms with Crippen LogP contribution in [0, 0.1) is 12.3 Å². The number of β-lactam (4-membered cyclic amide) rings is 1. The number of hydrogen-bond acceptors (Lipinski definition) is 5. The lowest BCUT2D eigenvalue weighted by Gasteiger charge is -2.43. The molecule has 0 spiro atoms. The average molecular weight is 311 g/mol. The van der Waals surface area contributed by atoms with Gasteiger partial charge in [-0.2, -0.15) is 0 Å². The summed E-state index contributed by atoms with van der Waals surface area (Å²) in [5.41, 5.74) is 5.59. The number of carbonyl (C=O) groups is 3. The summed E-state index contributed by atoms with van der Waals surface area (Å²) in [6.07, 6.45) is 5.17. The minimum Gasteiger partial charge on any atom is -0.480 e. The molecule has 8 heteroatoms. The summed E-state index contributed by atoms with van der Waals surface area (Å²) in [4.78, 5) is 36.6. The first-order valence-electron chi connectivity index (χ1n) is 6.43. The molecule has 0 bridgehead atoms. The highest BCUT2D eigenvalue weighted by Gasteiger charge is 2.64. The summed E-state index contributed by atoms with van der Waals surface area (Å²) in [6, 6.07) is -2.51. The Morgan fingerprint density at radius 3 is 2.76 bits per heavy atom. The number of fused-ring (bicyclic) bond motifs is 1. The van der Waals surface area contributed by atoms with Gasteiger partial charge >= 0.3 is 5.97 Å². The molecule has 2 aliphatic heterocycles. The number of nitrogens with zero attached hydrogens (tertiary/aromatic N) is 1. The fourth-order valence-electron chi connectivity index (χ4n) is 2.63. The molecule has 7 nitrogen and oxygen atoms in total.